The highest BCUT2D eigenvalue weighted by atomic mass is 35.7. The molecule has 9 heteroatoms. The first-order valence-corrected chi connectivity index (χ1v) is 14.8. The summed E-state index contributed by atoms with van der Waals surface area (Å²) in [6, 6.07) is 0. The molecule has 0 spiro atoms. The zero-order valence-electron chi connectivity index (χ0n) is 8.40. The third kappa shape index (κ3) is 7.19. The minimum Gasteiger partial charge on any atom is -0.410 e. The number of rotatable bonds is 6. The number of halogens is 4. The molecule has 0 saturated carbocycles. The maximum absolute atomic E-state index is 5.90. The van der Waals surface area contributed by atoms with Crippen LogP contribution in [0.5, 0.6) is 0 Å². The molecule has 0 saturated heterocycles. The molecule has 2 nitrogen and oxygen atoms in total. The Kier molecular flexibility index (Phi) is 6.16. The summed E-state index contributed by atoms with van der Waals surface area (Å²) in [5, 5.41) is 0. The van der Waals surface area contributed by atoms with E-state index in [9.17, 15) is 0 Å². The van der Waals surface area contributed by atoms with E-state index >= 15 is 0 Å². The molecule has 0 unspecified atom stereocenters. The monoisotopic (exact) mass is 340 g/mol. The summed E-state index contributed by atoms with van der Waals surface area (Å²) >= 11 is 23.6. The molecule has 0 aromatic rings. The molecule has 0 rings (SSSR count). The first kappa shape index (κ1) is 16.2. The highest BCUT2D eigenvalue weighted by molar-refractivity contribution is 7.47. The highest BCUT2D eigenvalue weighted by Crippen LogP contribution is 2.28. The van der Waals surface area contributed by atoms with Crippen molar-refractivity contribution in [1.29, 1.82) is 0 Å². The summed E-state index contributed by atoms with van der Waals surface area (Å²) in [6.45, 7) is 4.70. The Labute approximate surface area is 112 Å². The SMILES string of the molecule is C=C[Si](Cl)(Cl)O[Si](C)(C)O[Si](Cl)(Cl)C=C. The molecular formula is C6H12Cl4O2Si3. The quantitative estimate of drug-likeness (QED) is 0.537. The van der Waals surface area contributed by atoms with E-state index in [1.807, 2.05) is 0 Å². The van der Waals surface area contributed by atoms with Crippen LogP contribution in [0, 0.1) is 0 Å². The Bertz CT molecular complexity index is 233. The van der Waals surface area contributed by atoms with Gasteiger partial charge in [-0.25, -0.2) is 0 Å². The molecule has 88 valence electrons. The lowest BCUT2D eigenvalue weighted by molar-refractivity contribution is 0.421. The van der Waals surface area contributed by atoms with Crippen molar-refractivity contribution in [3.8, 4) is 0 Å². The van der Waals surface area contributed by atoms with Gasteiger partial charge in [0, 0.05) is 0 Å². The second-order valence-electron chi connectivity index (χ2n) is 3.14. The Balaban J connectivity index is 4.56. The van der Waals surface area contributed by atoms with E-state index in [4.69, 9.17) is 52.5 Å². The van der Waals surface area contributed by atoms with Crippen LogP contribution in [0.3, 0.4) is 0 Å². The molecule has 0 aliphatic heterocycles. The van der Waals surface area contributed by atoms with Crippen molar-refractivity contribution >= 4 is 66.8 Å². The molecule has 0 aromatic carbocycles. The fraction of sp³-hybridized carbons (Fsp3) is 0.333. The largest absolute Gasteiger partial charge is 0.410 e. The van der Waals surface area contributed by atoms with Gasteiger partial charge in [0.25, 0.3) is 0 Å². The zero-order valence-corrected chi connectivity index (χ0v) is 14.4. The van der Waals surface area contributed by atoms with Gasteiger partial charge >= 0.3 is 22.4 Å². The van der Waals surface area contributed by atoms with Crippen molar-refractivity contribution in [2.75, 3.05) is 0 Å². The van der Waals surface area contributed by atoms with Gasteiger partial charge in [0.2, 0.25) is 0 Å². The molecule has 0 heterocycles. The van der Waals surface area contributed by atoms with E-state index in [2.05, 4.69) is 13.2 Å². The van der Waals surface area contributed by atoms with Crippen LogP contribution >= 0.6 is 44.3 Å². The maximum atomic E-state index is 5.90. The lowest BCUT2D eigenvalue weighted by Gasteiger charge is -2.31. The van der Waals surface area contributed by atoms with Crippen LogP contribution in [-0.2, 0) is 8.23 Å². The topological polar surface area (TPSA) is 18.5 Å². The lowest BCUT2D eigenvalue weighted by Crippen LogP contribution is -2.48. The van der Waals surface area contributed by atoms with Gasteiger partial charge in [-0.3, -0.25) is 0 Å². The Morgan fingerprint density at radius 1 is 0.867 bits per heavy atom. The summed E-state index contributed by atoms with van der Waals surface area (Å²) in [4.78, 5) is 0. The van der Waals surface area contributed by atoms with E-state index in [1.165, 1.54) is 11.4 Å². The van der Waals surface area contributed by atoms with E-state index in [0.717, 1.165) is 0 Å². The van der Waals surface area contributed by atoms with Gasteiger partial charge in [-0.2, -0.15) is 0 Å². The molecule has 0 amide bonds. The average Bonchev–Trinajstić information content (AvgIpc) is 2.00. The standard InChI is InChI=1S/C6H12Cl4O2Si3/c1-5-14(7,8)11-13(3,4)12-15(9,10)6-2/h5-6H,1-2H2,3-4H3. The van der Waals surface area contributed by atoms with Gasteiger partial charge in [-0.15, -0.1) is 57.5 Å². The van der Waals surface area contributed by atoms with Gasteiger partial charge in [0.1, 0.15) is 0 Å². The summed E-state index contributed by atoms with van der Waals surface area (Å²) in [5.74, 6) is 0. The Morgan fingerprint density at radius 2 is 1.13 bits per heavy atom. The summed E-state index contributed by atoms with van der Waals surface area (Å²) in [7, 11) is -2.56. The second-order valence-corrected chi connectivity index (χ2v) is 18.5. The molecular weight excluding hydrogens is 330 g/mol. The van der Waals surface area contributed by atoms with Crippen molar-refractivity contribution in [3.63, 3.8) is 0 Å². The predicted octanol–water partition coefficient (Wildman–Crippen LogP) is 4.00. The predicted molar refractivity (Wildman–Crippen MR) is 75.0 cm³/mol. The van der Waals surface area contributed by atoms with Crippen LogP contribution in [0.1, 0.15) is 0 Å². The van der Waals surface area contributed by atoms with Crippen LogP contribution in [-0.4, -0.2) is 22.4 Å². The van der Waals surface area contributed by atoms with Crippen molar-refractivity contribution in [1.82, 2.24) is 0 Å². The van der Waals surface area contributed by atoms with E-state index in [0.29, 0.717) is 0 Å². The van der Waals surface area contributed by atoms with E-state index in [-0.39, 0.29) is 0 Å². The highest BCUT2D eigenvalue weighted by Gasteiger charge is 2.43. The zero-order chi connectivity index (χ0) is 12.3. The van der Waals surface area contributed by atoms with Crippen LogP contribution in [0.4, 0.5) is 0 Å². The smallest absolute Gasteiger partial charge is 0.406 e. The molecule has 0 aliphatic carbocycles. The number of hydrogen-bond acceptors (Lipinski definition) is 2. The maximum Gasteiger partial charge on any atom is 0.406 e. The average molecular weight is 342 g/mol. The van der Waals surface area contributed by atoms with Crippen molar-refractivity contribution in [2.45, 2.75) is 13.1 Å². The molecule has 0 bridgehead atoms. The van der Waals surface area contributed by atoms with Gasteiger partial charge in [-0.1, -0.05) is 0 Å². The Hall–Kier alpha value is 1.21. The van der Waals surface area contributed by atoms with Crippen molar-refractivity contribution in [2.24, 2.45) is 0 Å². The van der Waals surface area contributed by atoms with E-state index < -0.39 is 22.4 Å². The van der Waals surface area contributed by atoms with Gasteiger partial charge in [0.15, 0.2) is 0 Å². The molecule has 0 fully saturated rings. The van der Waals surface area contributed by atoms with Gasteiger partial charge < -0.3 is 8.23 Å². The minimum absolute atomic E-state index is 1.40. The van der Waals surface area contributed by atoms with Crippen LogP contribution in [0.25, 0.3) is 0 Å². The van der Waals surface area contributed by atoms with Crippen molar-refractivity contribution in [3.05, 3.63) is 24.6 Å². The van der Waals surface area contributed by atoms with Gasteiger partial charge in [0.05, 0.1) is 0 Å². The summed E-state index contributed by atoms with van der Waals surface area (Å²) in [5.41, 5.74) is 2.79. The summed E-state index contributed by atoms with van der Waals surface area (Å²) < 4.78 is 11.0. The molecule has 0 radical (unpaired) electrons. The fourth-order valence-corrected chi connectivity index (χ4v) is 13.9. The van der Waals surface area contributed by atoms with Crippen LogP contribution in [0.15, 0.2) is 24.6 Å². The second kappa shape index (κ2) is 5.70. The lowest BCUT2D eigenvalue weighted by atomic mass is 11.3. The van der Waals surface area contributed by atoms with Crippen LogP contribution < -0.4 is 0 Å². The molecule has 0 N–H and O–H groups in total. The van der Waals surface area contributed by atoms with Crippen LogP contribution in [0.2, 0.25) is 13.1 Å². The van der Waals surface area contributed by atoms with E-state index in [1.54, 1.807) is 13.1 Å². The first-order chi connectivity index (χ1) is 6.54. The third-order valence-electron chi connectivity index (χ3n) is 1.24. The number of hydrogen-bond donors (Lipinski definition) is 0. The third-order valence-corrected chi connectivity index (χ3v) is 12.9. The molecule has 15 heavy (non-hydrogen) atoms. The normalized spacial score (nSPS) is 13.7. The molecule has 0 aliphatic rings. The van der Waals surface area contributed by atoms with Gasteiger partial charge in [-0.05, 0) is 24.5 Å². The minimum atomic E-state index is -2.91. The van der Waals surface area contributed by atoms with Crippen molar-refractivity contribution < 1.29 is 8.23 Å². The Morgan fingerprint density at radius 3 is 1.33 bits per heavy atom. The molecule has 0 aromatic heterocycles. The fourth-order valence-electron chi connectivity index (χ4n) is 0.760. The summed E-state index contributed by atoms with van der Waals surface area (Å²) in [6.07, 6.45) is 0. The first-order valence-electron chi connectivity index (χ1n) is 3.97. The molecule has 0 atom stereocenters.